The van der Waals surface area contributed by atoms with E-state index < -0.39 is 0 Å². The van der Waals surface area contributed by atoms with E-state index in [0.717, 1.165) is 0 Å². The van der Waals surface area contributed by atoms with Gasteiger partial charge in [0.05, 0.1) is 24.0 Å². The number of hydrogen-bond acceptors (Lipinski definition) is 5. The van der Waals surface area contributed by atoms with Crippen molar-refractivity contribution in [1.29, 1.82) is 0 Å². The van der Waals surface area contributed by atoms with Crippen molar-refractivity contribution >= 4 is 40.7 Å². The zero-order valence-corrected chi connectivity index (χ0v) is 11.9. The second-order valence-electron chi connectivity index (χ2n) is 3.61. The highest BCUT2D eigenvalue weighted by molar-refractivity contribution is 6.34. The summed E-state index contributed by atoms with van der Waals surface area (Å²) < 4.78 is 5.15. The average Bonchev–Trinajstić information content (AvgIpc) is 2.43. The van der Waals surface area contributed by atoms with Crippen molar-refractivity contribution in [3.05, 3.63) is 34.4 Å². The normalized spacial score (nSPS) is 10.1. The van der Waals surface area contributed by atoms with Crippen molar-refractivity contribution in [2.24, 2.45) is 0 Å². The van der Waals surface area contributed by atoms with E-state index >= 15 is 0 Å². The number of hydrogen-bond donors (Lipinski definition) is 2. The van der Waals surface area contributed by atoms with Crippen LogP contribution in [-0.4, -0.2) is 24.1 Å². The van der Waals surface area contributed by atoms with Gasteiger partial charge in [-0.15, -0.1) is 0 Å². The van der Waals surface area contributed by atoms with Gasteiger partial charge in [0, 0.05) is 13.1 Å². The molecular formula is C12H12Cl2N4O. The Bertz CT molecular complexity index is 540. The van der Waals surface area contributed by atoms with Gasteiger partial charge in [-0.25, -0.2) is 4.98 Å². The molecule has 5 nitrogen and oxygen atoms in total. The van der Waals surface area contributed by atoms with Gasteiger partial charge in [0.15, 0.2) is 5.82 Å². The Hall–Kier alpha value is -1.72. The Morgan fingerprint density at radius 1 is 1.21 bits per heavy atom. The molecule has 0 amide bonds. The summed E-state index contributed by atoms with van der Waals surface area (Å²) in [5, 5.41) is 6.84. The minimum Gasteiger partial charge on any atom is -0.497 e. The molecule has 2 N–H and O–H groups in total. The molecule has 0 bridgehead atoms. The number of nitrogens with zero attached hydrogens (tertiary/aromatic N) is 2. The van der Waals surface area contributed by atoms with Crippen molar-refractivity contribution < 1.29 is 4.74 Å². The Balaban J connectivity index is 2.35. The standard InChI is InChI=1S/C12H12Cl2N4O/c1-15-12-16-6-9(14)11(18-12)17-10-5-7(19-2)3-4-8(10)13/h3-6H,1-2H3,(H2,15,16,17,18). The van der Waals surface area contributed by atoms with Crippen molar-refractivity contribution in [3.8, 4) is 5.75 Å². The van der Waals surface area contributed by atoms with E-state index in [0.29, 0.717) is 33.2 Å². The maximum atomic E-state index is 6.11. The van der Waals surface area contributed by atoms with Gasteiger partial charge >= 0.3 is 0 Å². The lowest BCUT2D eigenvalue weighted by Crippen LogP contribution is -2.01. The number of rotatable bonds is 4. The SMILES string of the molecule is CNc1ncc(Cl)c(Nc2cc(OC)ccc2Cl)n1. The van der Waals surface area contributed by atoms with Crippen LogP contribution in [0.1, 0.15) is 0 Å². The van der Waals surface area contributed by atoms with Crippen LogP contribution in [0.25, 0.3) is 0 Å². The molecule has 0 radical (unpaired) electrons. The van der Waals surface area contributed by atoms with Crippen molar-refractivity contribution in [1.82, 2.24) is 9.97 Å². The topological polar surface area (TPSA) is 59.1 Å². The Kier molecular flexibility index (Phi) is 4.29. The summed E-state index contributed by atoms with van der Waals surface area (Å²) in [6, 6.07) is 5.27. The van der Waals surface area contributed by atoms with Gasteiger partial charge < -0.3 is 15.4 Å². The summed E-state index contributed by atoms with van der Waals surface area (Å²) in [5.41, 5.74) is 0.656. The molecule has 100 valence electrons. The van der Waals surface area contributed by atoms with Crippen molar-refractivity contribution in [3.63, 3.8) is 0 Å². The molecule has 2 rings (SSSR count). The first-order valence-electron chi connectivity index (χ1n) is 5.45. The van der Waals surface area contributed by atoms with Gasteiger partial charge in [-0.3, -0.25) is 0 Å². The number of methoxy groups -OCH3 is 1. The molecule has 0 atom stereocenters. The van der Waals surface area contributed by atoms with E-state index in [2.05, 4.69) is 20.6 Å². The van der Waals surface area contributed by atoms with E-state index in [9.17, 15) is 0 Å². The smallest absolute Gasteiger partial charge is 0.224 e. The molecule has 19 heavy (non-hydrogen) atoms. The number of aromatic nitrogens is 2. The summed E-state index contributed by atoms with van der Waals surface area (Å²) in [4.78, 5) is 8.22. The van der Waals surface area contributed by atoms with E-state index in [1.54, 1.807) is 32.4 Å². The number of anilines is 3. The molecule has 0 aliphatic carbocycles. The van der Waals surface area contributed by atoms with Crippen LogP contribution in [0, 0.1) is 0 Å². The van der Waals surface area contributed by atoms with Crippen LogP contribution in [0.15, 0.2) is 24.4 Å². The minimum atomic E-state index is 0.401. The highest BCUT2D eigenvalue weighted by atomic mass is 35.5. The first-order valence-corrected chi connectivity index (χ1v) is 6.20. The number of benzene rings is 1. The molecule has 7 heteroatoms. The number of ether oxygens (including phenoxy) is 1. The van der Waals surface area contributed by atoms with Crippen LogP contribution >= 0.6 is 23.2 Å². The van der Waals surface area contributed by atoms with Gasteiger partial charge in [-0.2, -0.15) is 4.98 Å². The largest absolute Gasteiger partial charge is 0.497 e. The Morgan fingerprint density at radius 3 is 2.68 bits per heavy atom. The predicted molar refractivity (Wildman–Crippen MR) is 77.9 cm³/mol. The van der Waals surface area contributed by atoms with Crippen LogP contribution in [0.4, 0.5) is 17.5 Å². The molecule has 0 fully saturated rings. The lowest BCUT2D eigenvalue weighted by Gasteiger charge is -2.11. The Morgan fingerprint density at radius 2 is 2.00 bits per heavy atom. The lowest BCUT2D eigenvalue weighted by atomic mass is 10.3. The highest BCUT2D eigenvalue weighted by Gasteiger charge is 2.08. The zero-order valence-electron chi connectivity index (χ0n) is 10.4. The maximum absolute atomic E-state index is 6.11. The summed E-state index contributed by atoms with van der Waals surface area (Å²) in [6.45, 7) is 0. The second-order valence-corrected chi connectivity index (χ2v) is 4.43. The molecular weight excluding hydrogens is 287 g/mol. The summed E-state index contributed by atoms with van der Waals surface area (Å²) in [7, 11) is 3.31. The number of halogens is 2. The molecule has 0 unspecified atom stereocenters. The zero-order chi connectivity index (χ0) is 13.8. The summed E-state index contributed by atoms with van der Waals surface area (Å²) in [6.07, 6.45) is 1.51. The van der Waals surface area contributed by atoms with E-state index in [1.165, 1.54) is 6.20 Å². The van der Waals surface area contributed by atoms with Gasteiger partial charge in [0.1, 0.15) is 10.8 Å². The third-order valence-electron chi connectivity index (χ3n) is 2.39. The molecule has 0 spiro atoms. The molecule has 1 aromatic carbocycles. The molecule has 0 aliphatic heterocycles. The van der Waals surface area contributed by atoms with Crippen molar-refractivity contribution in [2.45, 2.75) is 0 Å². The van der Waals surface area contributed by atoms with E-state index in [1.807, 2.05) is 0 Å². The monoisotopic (exact) mass is 298 g/mol. The number of nitrogens with one attached hydrogen (secondary N) is 2. The van der Waals surface area contributed by atoms with Gasteiger partial charge in [-0.1, -0.05) is 23.2 Å². The first-order chi connectivity index (χ1) is 9.13. The van der Waals surface area contributed by atoms with Crippen LogP contribution in [0.5, 0.6) is 5.75 Å². The van der Waals surface area contributed by atoms with Gasteiger partial charge in [-0.05, 0) is 12.1 Å². The predicted octanol–water partition coefficient (Wildman–Crippen LogP) is 3.58. The summed E-state index contributed by atoms with van der Waals surface area (Å²) in [5.74, 6) is 1.62. The van der Waals surface area contributed by atoms with Crippen molar-refractivity contribution in [2.75, 3.05) is 24.8 Å². The van der Waals surface area contributed by atoms with Crippen LogP contribution in [0.3, 0.4) is 0 Å². The van der Waals surface area contributed by atoms with Gasteiger partial charge in [0.25, 0.3) is 0 Å². The minimum absolute atomic E-state index is 0.401. The molecule has 2 aromatic rings. The molecule has 0 saturated heterocycles. The fraction of sp³-hybridized carbons (Fsp3) is 0.167. The fourth-order valence-electron chi connectivity index (χ4n) is 1.43. The third-order valence-corrected chi connectivity index (χ3v) is 3.00. The van der Waals surface area contributed by atoms with E-state index in [4.69, 9.17) is 27.9 Å². The first kappa shape index (κ1) is 13.7. The fourth-order valence-corrected chi connectivity index (χ4v) is 1.73. The maximum Gasteiger partial charge on any atom is 0.224 e. The average molecular weight is 299 g/mol. The molecule has 0 aliphatic rings. The van der Waals surface area contributed by atoms with Crippen LogP contribution < -0.4 is 15.4 Å². The van der Waals surface area contributed by atoms with Crippen LogP contribution in [-0.2, 0) is 0 Å². The third kappa shape index (κ3) is 3.19. The summed E-state index contributed by atoms with van der Waals surface area (Å²) >= 11 is 12.1. The van der Waals surface area contributed by atoms with Gasteiger partial charge in [0.2, 0.25) is 5.95 Å². The second kappa shape index (κ2) is 5.95. The molecule has 1 heterocycles. The lowest BCUT2D eigenvalue weighted by molar-refractivity contribution is 0.415. The molecule has 0 saturated carbocycles. The highest BCUT2D eigenvalue weighted by Crippen LogP contribution is 2.31. The Labute approximate surface area is 120 Å². The van der Waals surface area contributed by atoms with Crippen LogP contribution in [0.2, 0.25) is 10.0 Å². The quantitative estimate of drug-likeness (QED) is 0.903. The molecule has 1 aromatic heterocycles. The van der Waals surface area contributed by atoms with E-state index in [-0.39, 0.29) is 0 Å².